The van der Waals surface area contributed by atoms with Crippen LogP contribution in [0.15, 0.2) is 11.0 Å². The Bertz CT molecular complexity index is 1070. The van der Waals surface area contributed by atoms with Crippen LogP contribution in [0.2, 0.25) is 0 Å². The number of nitrogen functional groups attached to an aromatic ring is 1. The number of hydrogen-bond acceptors (Lipinski definition) is 6. The second-order valence-corrected chi connectivity index (χ2v) is 7.85. The molecule has 0 spiro atoms. The maximum absolute atomic E-state index is 15.7. The van der Waals surface area contributed by atoms with Gasteiger partial charge < -0.3 is 30.4 Å². The van der Waals surface area contributed by atoms with E-state index in [4.69, 9.17) is 10.8 Å². The van der Waals surface area contributed by atoms with Crippen molar-refractivity contribution in [2.45, 2.75) is 32.2 Å². The summed E-state index contributed by atoms with van der Waals surface area (Å²) < 4.78 is 36.9. The van der Waals surface area contributed by atoms with Gasteiger partial charge in [0.05, 0.1) is 22.8 Å². The number of hydrogen-bond donors (Lipinski definition) is 3. The fourth-order valence-corrected chi connectivity index (χ4v) is 4.16. The Kier molecular flexibility index (Phi) is 6.61. The number of nitrogens with one attached hydrogen (secondary N) is 1. The third-order valence-electron chi connectivity index (χ3n) is 5.75. The van der Waals surface area contributed by atoms with E-state index in [0.29, 0.717) is 13.1 Å². The molecule has 0 bridgehead atoms. The number of aromatic nitrogens is 1. The molecular weight excluding hydrogens is 434 g/mol. The molecule has 2 aromatic rings. The lowest BCUT2D eigenvalue weighted by Crippen LogP contribution is -2.28. The maximum Gasteiger partial charge on any atom is 0.511 e. The summed E-state index contributed by atoms with van der Waals surface area (Å²) in [6, 6.07) is -0.128. The van der Waals surface area contributed by atoms with Crippen LogP contribution >= 0.6 is 12.4 Å². The molecule has 1 atom stereocenters. The zero-order valence-electron chi connectivity index (χ0n) is 17.0. The van der Waals surface area contributed by atoms with Gasteiger partial charge in [-0.25, -0.2) is 13.6 Å². The van der Waals surface area contributed by atoms with Crippen LogP contribution in [0.5, 0.6) is 5.75 Å². The van der Waals surface area contributed by atoms with Gasteiger partial charge in [-0.15, -0.1) is 12.4 Å². The van der Waals surface area contributed by atoms with Crippen molar-refractivity contribution < 1.29 is 23.4 Å². The van der Waals surface area contributed by atoms with E-state index < -0.39 is 34.7 Å². The van der Waals surface area contributed by atoms with Crippen LogP contribution in [0.1, 0.15) is 32.2 Å². The summed E-state index contributed by atoms with van der Waals surface area (Å²) in [7, 11) is 0. The molecular formula is C20H25ClF2N4O4. The number of pyridine rings is 1. The van der Waals surface area contributed by atoms with Gasteiger partial charge in [0.15, 0.2) is 17.4 Å². The lowest BCUT2D eigenvalue weighted by Gasteiger charge is -2.24. The lowest BCUT2D eigenvalue weighted by atomic mass is 10.1. The Labute approximate surface area is 183 Å². The normalized spacial score (nSPS) is 18.3. The molecule has 8 nitrogen and oxygen atoms in total. The van der Waals surface area contributed by atoms with Crippen LogP contribution in [-0.4, -0.2) is 42.0 Å². The standard InChI is InChI=1S/C20H24F2N4O4.ClH/c1-2-24-7-10-5-6-25(8-10)18-14(21)16(23)13-17(15(18)22)26(11-3-4-11)9-12(19(13)27)30-20(28)29;/h9-11,24H,2-8,23H2,1H3,(H,28,29);1H. The van der Waals surface area contributed by atoms with Crippen molar-refractivity contribution in [2.24, 2.45) is 5.92 Å². The predicted octanol–water partition coefficient (Wildman–Crippen LogP) is 3.11. The predicted molar refractivity (Wildman–Crippen MR) is 116 cm³/mol. The van der Waals surface area contributed by atoms with E-state index in [9.17, 15) is 9.59 Å². The van der Waals surface area contributed by atoms with Crippen LogP contribution in [-0.2, 0) is 0 Å². The third-order valence-corrected chi connectivity index (χ3v) is 5.75. The summed E-state index contributed by atoms with van der Waals surface area (Å²) >= 11 is 0. The summed E-state index contributed by atoms with van der Waals surface area (Å²) in [6.45, 7) is 4.51. The molecule has 31 heavy (non-hydrogen) atoms. The summed E-state index contributed by atoms with van der Waals surface area (Å²) in [5, 5.41) is 11.8. The first-order valence-corrected chi connectivity index (χ1v) is 10.0. The van der Waals surface area contributed by atoms with E-state index in [1.165, 1.54) is 10.8 Å². The van der Waals surface area contributed by atoms with Gasteiger partial charge in [0.2, 0.25) is 5.43 Å². The highest BCUT2D eigenvalue weighted by atomic mass is 35.5. The molecule has 1 unspecified atom stereocenters. The Hall–Kier alpha value is -2.59. The van der Waals surface area contributed by atoms with Crippen LogP contribution in [0.3, 0.4) is 0 Å². The minimum Gasteiger partial charge on any atom is -0.449 e. The first kappa shape index (κ1) is 23.1. The molecule has 4 rings (SSSR count). The molecule has 170 valence electrons. The van der Waals surface area contributed by atoms with E-state index >= 15 is 8.78 Å². The number of halogens is 3. The average molecular weight is 459 g/mol. The SMILES string of the molecule is CCNCC1CCN(c2c(F)c(N)c3c(=O)c(OC(=O)O)cn(C4CC4)c3c2F)C1.Cl. The first-order valence-electron chi connectivity index (χ1n) is 10.0. The number of rotatable bonds is 6. The average Bonchev–Trinajstić information content (AvgIpc) is 3.44. The lowest BCUT2D eigenvalue weighted by molar-refractivity contribution is 0.143. The van der Waals surface area contributed by atoms with Gasteiger partial charge >= 0.3 is 6.16 Å². The van der Waals surface area contributed by atoms with Crippen LogP contribution in [0, 0.1) is 17.6 Å². The van der Waals surface area contributed by atoms with Crippen molar-refractivity contribution in [2.75, 3.05) is 36.8 Å². The van der Waals surface area contributed by atoms with Crippen molar-refractivity contribution in [3.8, 4) is 5.75 Å². The Balaban J connectivity index is 0.00000272. The van der Waals surface area contributed by atoms with Crippen molar-refractivity contribution in [1.82, 2.24) is 9.88 Å². The molecule has 1 aliphatic heterocycles. The van der Waals surface area contributed by atoms with E-state index in [0.717, 1.165) is 32.4 Å². The van der Waals surface area contributed by atoms with Crippen LogP contribution in [0.25, 0.3) is 10.9 Å². The van der Waals surface area contributed by atoms with Gasteiger partial charge in [-0.05, 0) is 38.3 Å². The van der Waals surface area contributed by atoms with E-state index in [1.54, 1.807) is 4.90 Å². The molecule has 1 aromatic carbocycles. The first-order chi connectivity index (χ1) is 14.3. The third kappa shape index (κ3) is 4.14. The number of nitrogens with two attached hydrogens (primary N) is 1. The molecule has 2 fully saturated rings. The molecule has 2 heterocycles. The number of carboxylic acid groups (broad SMARTS) is 1. The van der Waals surface area contributed by atoms with Gasteiger partial charge in [0.25, 0.3) is 0 Å². The van der Waals surface area contributed by atoms with Crippen LogP contribution < -0.4 is 26.1 Å². The summed E-state index contributed by atoms with van der Waals surface area (Å²) in [5.74, 6) is -2.13. The number of carbonyl (C=O) groups is 1. The summed E-state index contributed by atoms with van der Waals surface area (Å²) in [4.78, 5) is 25.3. The van der Waals surface area contributed by atoms with Gasteiger partial charge in [-0.1, -0.05) is 6.92 Å². The summed E-state index contributed by atoms with van der Waals surface area (Å²) in [5.41, 5.74) is 4.18. The second kappa shape index (κ2) is 8.88. The highest BCUT2D eigenvalue weighted by Crippen LogP contribution is 2.43. The molecule has 1 aliphatic carbocycles. The fourth-order valence-electron chi connectivity index (χ4n) is 4.16. The highest BCUT2D eigenvalue weighted by Gasteiger charge is 2.34. The molecule has 0 radical (unpaired) electrons. The van der Waals surface area contributed by atoms with Gasteiger partial charge in [0, 0.05) is 19.1 Å². The van der Waals surface area contributed by atoms with Crippen molar-refractivity contribution >= 4 is 40.8 Å². The molecule has 1 aromatic heterocycles. The zero-order chi connectivity index (χ0) is 21.6. The Morgan fingerprint density at radius 3 is 2.65 bits per heavy atom. The minimum absolute atomic E-state index is 0. The topological polar surface area (TPSA) is 110 Å². The maximum atomic E-state index is 15.7. The number of ether oxygens (including phenoxy) is 1. The largest absolute Gasteiger partial charge is 0.511 e. The molecule has 0 amide bonds. The fraction of sp³-hybridized carbons (Fsp3) is 0.500. The smallest absolute Gasteiger partial charge is 0.449 e. The van der Waals surface area contributed by atoms with Gasteiger partial charge in [-0.2, -0.15) is 0 Å². The Morgan fingerprint density at radius 1 is 1.32 bits per heavy atom. The van der Waals surface area contributed by atoms with Crippen molar-refractivity contribution in [1.29, 1.82) is 0 Å². The number of anilines is 2. The van der Waals surface area contributed by atoms with Crippen LogP contribution in [0.4, 0.5) is 25.0 Å². The quantitative estimate of drug-likeness (QED) is 0.450. The molecule has 4 N–H and O–H groups in total. The molecule has 1 saturated heterocycles. The number of benzene rings is 1. The minimum atomic E-state index is -1.69. The molecule has 11 heteroatoms. The monoisotopic (exact) mass is 458 g/mol. The summed E-state index contributed by atoms with van der Waals surface area (Å²) in [6.07, 6.45) is 1.73. The number of fused-ring (bicyclic) bond motifs is 1. The van der Waals surface area contributed by atoms with Crippen molar-refractivity contribution in [3.63, 3.8) is 0 Å². The number of nitrogens with zero attached hydrogens (tertiary/aromatic N) is 2. The van der Waals surface area contributed by atoms with Gasteiger partial charge in [-0.3, -0.25) is 4.79 Å². The van der Waals surface area contributed by atoms with E-state index in [1.807, 2.05) is 6.92 Å². The van der Waals surface area contributed by atoms with E-state index in [-0.39, 0.29) is 41.0 Å². The molecule has 2 aliphatic rings. The Morgan fingerprint density at radius 2 is 2.03 bits per heavy atom. The zero-order valence-corrected chi connectivity index (χ0v) is 17.8. The van der Waals surface area contributed by atoms with E-state index in [2.05, 4.69) is 10.1 Å². The van der Waals surface area contributed by atoms with Crippen molar-refractivity contribution in [3.05, 3.63) is 28.1 Å². The molecule has 1 saturated carbocycles. The van der Waals surface area contributed by atoms with Gasteiger partial charge in [0.1, 0.15) is 5.69 Å². The second-order valence-electron chi connectivity index (χ2n) is 7.85. The highest BCUT2D eigenvalue weighted by molar-refractivity contribution is 5.96.